The predicted molar refractivity (Wildman–Crippen MR) is 46.0 cm³/mol. The molecule has 0 saturated carbocycles. The lowest BCUT2D eigenvalue weighted by atomic mass is 10.3. The standard InChI is InChI=1S/C8H7NOS/c1-5-8-6(2-3-11-8)7(10)4-9-5/h2-4,10H,1H3. The minimum absolute atomic E-state index is 0.270. The van der Waals surface area contributed by atoms with Gasteiger partial charge in [-0.2, -0.15) is 0 Å². The first-order valence-electron chi connectivity index (χ1n) is 3.31. The lowest BCUT2D eigenvalue weighted by Crippen LogP contribution is -1.78. The Morgan fingerprint density at radius 2 is 2.36 bits per heavy atom. The van der Waals surface area contributed by atoms with E-state index in [1.807, 2.05) is 18.4 Å². The third-order valence-electron chi connectivity index (χ3n) is 1.65. The van der Waals surface area contributed by atoms with E-state index in [9.17, 15) is 5.11 Å². The smallest absolute Gasteiger partial charge is 0.142 e. The summed E-state index contributed by atoms with van der Waals surface area (Å²) in [7, 11) is 0. The van der Waals surface area contributed by atoms with Crippen molar-refractivity contribution in [1.82, 2.24) is 4.98 Å². The van der Waals surface area contributed by atoms with Crippen LogP contribution in [0.3, 0.4) is 0 Å². The minimum Gasteiger partial charge on any atom is -0.506 e. The molecular weight excluding hydrogens is 158 g/mol. The number of hydrogen-bond donors (Lipinski definition) is 1. The molecule has 0 spiro atoms. The molecule has 0 aliphatic heterocycles. The van der Waals surface area contributed by atoms with Gasteiger partial charge in [0.15, 0.2) is 0 Å². The Labute approximate surface area is 68.1 Å². The summed E-state index contributed by atoms with van der Waals surface area (Å²) in [6.45, 7) is 1.94. The molecule has 2 aromatic rings. The Morgan fingerprint density at radius 3 is 3.09 bits per heavy atom. The van der Waals surface area contributed by atoms with Crippen molar-refractivity contribution in [1.29, 1.82) is 0 Å². The van der Waals surface area contributed by atoms with Gasteiger partial charge in [-0.25, -0.2) is 0 Å². The van der Waals surface area contributed by atoms with Crippen LogP contribution < -0.4 is 0 Å². The van der Waals surface area contributed by atoms with Crippen LogP contribution in [0, 0.1) is 6.92 Å². The third kappa shape index (κ3) is 0.886. The second-order valence-electron chi connectivity index (χ2n) is 2.39. The van der Waals surface area contributed by atoms with Crippen molar-refractivity contribution >= 4 is 21.4 Å². The predicted octanol–water partition coefficient (Wildman–Crippen LogP) is 2.31. The summed E-state index contributed by atoms with van der Waals surface area (Å²) in [5.41, 5.74) is 0.979. The number of rotatable bonds is 0. The van der Waals surface area contributed by atoms with Crippen molar-refractivity contribution in [2.75, 3.05) is 0 Å². The molecule has 0 radical (unpaired) electrons. The normalized spacial score (nSPS) is 10.6. The van der Waals surface area contributed by atoms with E-state index in [-0.39, 0.29) is 5.75 Å². The molecule has 0 aromatic carbocycles. The van der Waals surface area contributed by atoms with E-state index in [4.69, 9.17) is 0 Å². The first kappa shape index (κ1) is 6.61. The van der Waals surface area contributed by atoms with E-state index in [1.54, 1.807) is 11.3 Å². The maximum absolute atomic E-state index is 9.33. The quantitative estimate of drug-likeness (QED) is 0.649. The summed E-state index contributed by atoms with van der Waals surface area (Å²) in [5, 5.41) is 12.2. The van der Waals surface area contributed by atoms with Gasteiger partial charge in [0, 0.05) is 5.39 Å². The molecule has 0 unspecified atom stereocenters. The summed E-state index contributed by atoms with van der Waals surface area (Å²) in [5.74, 6) is 0.270. The Kier molecular flexibility index (Phi) is 1.32. The van der Waals surface area contributed by atoms with Crippen LogP contribution in [0.15, 0.2) is 17.6 Å². The highest BCUT2D eigenvalue weighted by Crippen LogP contribution is 2.29. The largest absolute Gasteiger partial charge is 0.506 e. The first-order valence-corrected chi connectivity index (χ1v) is 4.19. The zero-order valence-electron chi connectivity index (χ0n) is 6.03. The zero-order chi connectivity index (χ0) is 7.84. The molecule has 0 atom stereocenters. The molecule has 3 heteroatoms. The van der Waals surface area contributed by atoms with Crippen LogP contribution in [0.2, 0.25) is 0 Å². The molecule has 2 nitrogen and oxygen atoms in total. The van der Waals surface area contributed by atoms with Crippen molar-refractivity contribution in [3.63, 3.8) is 0 Å². The molecule has 2 heterocycles. The highest BCUT2D eigenvalue weighted by Gasteiger charge is 2.03. The monoisotopic (exact) mass is 165 g/mol. The molecule has 0 amide bonds. The van der Waals surface area contributed by atoms with Crippen LogP contribution in [0.1, 0.15) is 5.69 Å². The first-order chi connectivity index (χ1) is 5.29. The molecular formula is C8H7NOS. The van der Waals surface area contributed by atoms with Crippen molar-refractivity contribution in [3.8, 4) is 5.75 Å². The van der Waals surface area contributed by atoms with E-state index >= 15 is 0 Å². The highest BCUT2D eigenvalue weighted by atomic mass is 32.1. The summed E-state index contributed by atoms with van der Waals surface area (Å²) < 4.78 is 1.07. The van der Waals surface area contributed by atoms with Gasteiger partial charge in [-0.3, -0.25) is 4.98 Å². The van der Waals surface area contributed by atoms with E-state index < -0.39 is 0 Å². The number of aryl methyl sites for hydroxylation is 1. The number of aromatic hydroxyl groups is 1. The maximum atomic E-state index is 9.33. The van der Waals surface area contributed by atoms with E-state index in [1.165, 1.54) is 6.20 Å². The minimum atomic E-state index is 0.270. The van der Waals surface area contributed by atoms with Gasteiger partial charge in [0.25, 0.3) is 0 Å². The van der Waals surface area contributed by atoms with Crippen LogP contribution in [-0.2, 0) is 0 Å². The number of hydrogen-bond acceptors (Lipinski definition) is 3. The lowest BCUT2D eigenvalue weighted by molar-refractivity contribution is 0.479. The molecule has 0 aliphatic carbocycles. The van der Waals surface area contributed by atoms with Gasteiger partial charge in [-0.15, -0.1) is 11.3 Å². The lowest BCUT2D eigenvalue weighted by Gasteiger charge is -1.95. The number of pyridine rings is 1. The van der Waals surface area contributed by atoms with Crippen molar-refractivity contribution in [2.24, 2.45) is 0 Å². The van der Waals surface area contributed by atoms with Gasteiger partial charge in [0.1, 0.15) is 5.75 Å². The summed E-state index contributed by atoms with van der Waals surface area (Å²) in [6.07, 6.45) is 1.49. The maximum Gasteiger partial charge on any atom is 0.142 e. The van der Waals surface area contributed by atoms with Gasteiger partial charge in [0.2, 0.25) is 0 Å². The fourth-order valence-electron chi connectivity index (χ4n) is 1.08. The van der Waals surface area contributed by atoms with E-state index in [0.29, 0.717) is 0 Å². The van der Waals surface area contributed by atoms with E-state index in [2.05, 4.69) is 4.98 Å². The number of nitrogens with zero attached hydrogens (tertiary/aromatic N) is 1. The highest BCUT2D eigenvalue weighted by molar-refractivity contribution is 7.17. The molecule has 2 aromatic heterocycles. The SMILES string of the molecule is Cc1ncc(O)c2ccsc12. The molecule has 11 heavy (non-hydrogen) atoms. The Morgan fingerprint density at radius 1 is 1.55 bits per heavy atom. The van der Waals surface area contributed by atoms with Crippen molar-refractivity contribution in [3.05, 3.63) is 23.3 Å². The van der Waals surface area contributed by atoms with Crippen molar-refractivity contribution in [2.45, 2.75) is 6.92 Å². The van der Waals surface area contributed by atoms with Gasteiger partial charge in [-0.05, 0) is 18.4 Å². The topological polar surface area (TPSA) is 33.1 Å². The summed E-state index contributed by atoms with van der Waals surface area (Å²) in [4.78, 5) is 4.04. The zero-order valence-corrected chi connectivity index (χ0v) is 6.85. The van der Waals surface area contributed by atoms with Crippen LogP contribution in [0.4, 0.5) is 0 Å². The molecule has 56 valence electrons. The number of thiophene rings is 1. The fourth-order valence-corrected chi connectivity index (χ4v) is 1.94. The summed E-state index contributed by atoms with van der Waals surface area (Å²) >= 11 is 1.61. The summed E-state index contributed by atoms with van der Waals surface area (Å²) in [6, 6.07) is 1.91. The Hall–Kier alpha value is -1.09. The number of fused-ring (bicyclic) bond motifs is 1. The molecule has 1 N–H and O–H groups in total. The molecule has 0 bridgehead atoms. The second kappa shape index (κ2) is 2.20. The van der Waals surface area contributed by atoms with Crippen LogP contribution >= 0.6 is 11.3 Å². The second-order valence-corrected chi connectivity index (χ2v) is 3.31. The average Bonchev–Trinajstić information content (AvgIpc) is 2.45. The van der Waals surface area contributed by atoms with Crippen LogP contribution in [0.25, 0.3) is 10.1 Å². The van der Waals surface area contributed by atoms with Gasteiger partial charge < -0.3 is 5.11 Å². The van der Waals surface area contributed by atoms with Crippen molar-refractivity contribution < 1.29 is 5.11 Å². The van der Waals surface area contributed by atoms with Gasteiger partial charge >= 0.3 is 0 Å². The van der Waals surface area contributed by atoms with E-state index in [0.717, 1.165) is 15.8 Å². The molecule has 0 aliphatic rings. The Balaban J connectivity index is 2.96. The van der Waals surface area contributed by atoms with Gasteiger partial charge in [0.05, 0.1) is 16.6 Å². The number of aromatic nitrogens is 1. The third-order valence-corrected chi connectivity index (χ3v) is 2.67. The average molecular weight is 165 g/mol. The van der Waals surface area contributed by atoms with Crippen LogP contribution in [0.5, 0.6) is 5.75 Å². The fraction of sp³-hybridized carbons (Fsp3) is 0.125. The molecule has 2 rings (SSSR count). The van der Waals surface area contributed by atoms with Crippen LogP contribution in [-0.4, -0.2) is 10.1 Å². The Bertz CT molecular complexity index is 358. The van der Waals surface area contributed by atoms with Gasteiger partial charge in [-0.1, -0.05) is 0 Å². The molecule has 0 saturated heterocycles. The molecule has 0 fully saturated rings.